The van der Waals surface area contributed by atoms with E-state index in [1.54, 1.807) is 10.6 Å². The third-order valence-electron chi connectivity index (χ3n) is 6.19. The van der Waals surface area contributed by atoms with Crippen LogP contribution in [0.25, 0.3) is 10.2 Å². The molecule has 1 aliphatic rings. The topological polar surface area (TPSA) is 106 Å². The van der Waals surface area contributed by atoms with E-state index in [-0.39, 0.29) is 20.4 Å². The minimum absolute atomic E-state index is 0.0214. The smallest absolute Gasteiger partial charge is 0.294 e. The van der Waals surface area contributed by atoms with Crippen LogP contribution in [0.3, 0.4) is 0 Å². The van der Waals surface area contributed by atoms with E-state index >= 15 is 0 Å². The number of hydrogen-bond donors (Lipinski definition) is 1. The van der Waals surface area contributed by atoms with E-state index < -0.39 is 20.0 Å². The largest absolute Gasteiger partial charge is 0.308 e. The Labute approximate surface area is 213 Å². The average Bonchev–Trinajstić information content (AvgIpc) is 3.19. The lowest BCUT2D eigenvalue weighted by atomic mass is 10.2. The molecule has 0 amide bonds. The van der Waals surface area contributed by atoms with Gasteiger partial charge in [0.1, 0.15) is 0 Å². The van der Waals surface area contributed by atoms with E-state index in [9.17, 15) is 21.6 Å². The number of nitrogens with zero attached hydrogens (tertiary/aromatic N) is 2. The summed E-state index contributed by atoms with van der Waals surface area (Å²) in [6, 6.07) is 19.9. The second kappa shape index (κ2) is 9.81. The van der Waals surface area contributed by atoms with Gasteiger partial charge in [0.2, 0.25) is 10.0 Å². The van der Waals surface area contributed by atoms with Crippen LogP contribution in [0.5, 0.6) is 0 Å². The van der Waals surface area contributed by atoms with Gasteiger partial charge in [-0.25, -0.2) is 16.8 Å². The molecule has 2 heterocycles. The van der Waals surface area contributed by atoms with Gasteiger partial charge in [-0.2, -0.15) is 4.31 Å². The summed E-state index contributed by atoms with van der Waals surface area (Å²) in [5.74, 6) is 0. The van der Waals surface area contributed by atoms with Crippen molar-refractivity contribution in [1.29, 1.82) is 0 Å². The summed E-state index contributed by atoms with van der Waals surface area (Å²) < 4.78 is 57.9. The number of sulfonamides is 2. The number of fused-ring (bicyclic) bond motifs is 1. The summed E-state index contributed by atoms with van der Waals surface area (Å²) in [5, 5.41) is 0. The fourth-order valence-electron chi connectivity index (χ4n) is 4.29. The number of benzene rings is 3. The molecular formula is C25H25N3O5S3. The normalized spacial score (nSPS) is 15.2. The highest BCUT2D eigenvalue weighted by Gasteiger charge is 2.26. The van der Waals surface area contributed by atoms with Gasteiger partial charge in [0.15, 0.2) is 0 Å². The van der Waals surface area contributed by atoms with Crippen molar-refractivity contribution < 1.29 is 16.8 Å². The fourth-order valence-corrected chi connectivity index (χ4v) is 7.90. The second-order valence-electron chi connectivity index (χ2n) is 8.66. The van der Waals surface area contributed by atoms with Crippen LogP contribution >= 0.6 is 11.3 Å². The molecule has 5 rings (SSSR count). The molecule has 0 bridgehead atoms. The predicted octanol–water partition coefficient (Wildman–Crippen LogP) is 4.09. The van der Waals surface area contributed by atoms with Crippen molar-refractivity contribution in [2.45, 2.75) is 35.6 Å². The second-order valence-corrected chi connectivity index (χ2v) is 13.3. The Morgan fingerprint density at radius 3 is 2.17 bits per heavy atom. The molecular weight excluding hydrogens is 518 g/mol. The van der Waals surface area contributed by atoms with E-state index in [0.29, 0.717) is 29.9 Å². The molecule has 36 heavy (non-hydrogen) atoms. The molecule has 0 atom stereocenters. The molecule has 1 saturated heterocycles. The molecule has 8 nitrogen and oxygen atoms in total. The first kappa shape index (κ1) is 24.7. The minimum Gasteiger partial charge on any atom is -0.294 e. The summed E-state index contributed by atoms with van der Waals surface area (Å²) in [5.41, 5.74) is 1.89. The van der Waals surface area contributed by atoms with Gasteiger partial charge < -0.3 is 0 Å². The Kier molecular flexibility index (Phi) is 6.73. The fraction of sp³-hybridized carbons (Fsp3) is 0.240. The standard InChI is InChI=1S/C25H25N3O5S3/c29-25-28(18-19-7-3-1-4-8-19)23-14-13-22(17-24(23)34-25)35(30,31)26-20-9-11-21(12-10-20)36(32,33)27-15-5-2-6-16-27/h1,3-4,7-14,17,26H,2,5-6,15-16,18H2. The number of rotatable bonds is 7. The molecule has 4 aromatic rings. The van der Waals surface area contributed by atoms with Crippen LogP contribution in [-0.2, 0) is 26.6 Å². The van der Waals surface area contributed by atoms with Crippen molar-refractivity contribution in [3.05, 3.63) is 88.0 Å². The number of piperidine rings is 1. The maximum atomic E-state index is 13.0. The predicted molar refractivity (Wildman–Crippen MR) is 141 cm³/mol. The monoisotopic (exact) mass is 543 g/mol. The summed E-state index contributed by atoms with van der Waals surface area (Å²) in [6.45, 7) is 1.40. The van der Waals surface area contributed by atoms with Crippen molar-refractivity contribution in [3.8, 4) is 0 Å². The van der Waals surface area contributed by atoms with Crippen molar-refractivity contribution in [2.24, 2.45) is 0 Å². The quantitative estimate of drug-likeness (QED) is 0.378. The maximum absolute atomic E-state index is 13.0. The molecule has 11 heteroatoms. The van der Waals surface area contributed by atoms with E-state index in [0.717, 1.165) is 36.2 Å². The lowest BCUT2D eigenvalue weighted by Crippen LogP contribution is -2.35. The average molecular weight is 544 g/mol. The van der Waals surface area contributed by atoms with Crippen LogP contribution in [0, 0.1) is 0 Å². The first-order chi connectivity index (χ1) is 17.2. The highest BCUT2D eigenvalue weighted by atomic mass is 32.2. The van der Waals surface area contributed by atoms with Crippen LogP contribution in [0.1, 0.15) is 24.8 Å². The molecule has 3 aromatic carbocycles. The van der Waals surface area contributed by atoms with Gasteiger partial charge in [0.25, 0.3) is 10.0 Å². The Bertz CT molecular complexity index is 1650. The molecule has 0 aliphatic carbocycles. The van der Waals surface area contributed by atoms with Crippen LogP contribution in [0.2, 0.25) is 0 Å². The van der Waals surface area contributed by atoms with Gasteiger partial charge >= 0.3 is 4.87 Å². The lowest BCUT2D eigenvalue weighted by molar-refractivity contribution is 0.346. The molecule has 1 aliphatic heterocycles. The zero-order chi connectivity index (χ0) is 25.3. The maximum Gasteiger partial charge on any atom is 0.308 e. The molecule has 188 valence electrons. The van der Waals surface area contributed by atoms with Crippen molar-refractivity contribution >= 4 is 47.3 Å². The van der Waals surface area contributed by atoms with E-state index in [1.165, 1.54) is 40.7 Å². The van der Waals surface area contributed by atoms with E-state index in [1.807, 2.05) is 30.3 Å². The van der Waals surface area contributed by atoms with Crippen molar-refractivity contribution in [1.82, 2.24) is 8.87 Å². The number of hydrogen-bond acceptors (Lipinski definition) is 6. The first-order valence-electron chi connectivity index (χ1n) is 11.5. The lowest BCUT2D eigenvalue weighted by Gasteiger charge is -2.25. The third kappa shape index (κ3) is 4.96. The highest BCUT2D eigenvalue weighted by molar-refractivity contribution is 7.92. The van der Waals surface area contributed by atoms with E-state index in [2.05, 4.69) is 4.72 Å². The molecule has 0 saturated carbocycles. The van der Waals surface area contributed by atoms with Crippen LogP contribution in [0.15, 0.2) is 87.4 Å². The summed E-state index contributed by atoms with van der Waals surface area (Å²) in [4.78, 5) is 12.6. The van der Waals surface area contributed by atoms with Gasteiger partial charge in [0.05, 0.1) is 26.6 Å². The molecule has 0 unspecified atom stereocenters. The van der Waals surface area contributed by atoms with Crippen molar-refractivity contribution in [3.63, 3.8) is 0 Å². The van der Waals surface area contributed by atoms with Crippen molar-refractivity contribution in [2.75, 3.05) is 17.8 Å². The van der Waals surface area contributed by atoms with Gasteiger partial charge in [-0.1, -0.05) is 48.1 Å². The first-order valence-corrected chi connectivity index (χ1v) is 15.3. The van der Waals surface area contributed by atoms with Crippen LogP contribution < -0.4 is 9.60 Å². The van der Waals surface area contributed by atoms with Gasteiger partial charge in [-0.15, -0.1) is 0 Å². The summed E-state index contributed by atoms with van der Waals surface area (Å²) in [6.07, 6.45) is 2.70. The number of anilines is 1. The molecule has 1 N–H and O–H groups in total. The number of nitrogens with one attached hydrogen (secondary N) is 1. The summed E-state index contributed by atoms with van der Waals surface area (Å²) in [7, 11) is -7.55. The van der Waals surface area contributed by atoms with Gasteiger partial charge in [-0.05, 0) is 60.9 Å². The SMILES string of the molecule is O=c1sc2cc(S(=O)(=O)Nc3ccc(S(=O)(=O)N4CCCCC4)cc3)ccc2n1Cc1ccccc1. The molecule has 0 radical (unpaired) electrons. The number of thiazole rings is 1. The molecule has 0 spiro atoms. The van der Waals surface area contributed by atoms with Crippen LogP contribution in [0.4, 0.5) is 5.69 Å². The van der Waals surface area contributed by atoms with Gasteiger partial charge in [-0.3, -0.25) is 14.1 Å². The third-order valence-corrected chi connectivity index (χ3v) is 10.4. The molecule has 1 fully saturated rings. The summed E-state index contributed by atoms with van der Waals surface area (Å²) >= 11 is 0.997. The highest BCUT2D eigenvalue weighted by Crippen LogP contribution is 2.26. The Morgan fingerprint density at radius 1 is 0.806 bits per heavy atom. The molecule has 1 aromatic heterocycles. The van der Waals surface area contributed by atoms with E-state index in [4.69, 9.17) is 0 Å². The van der Waals surface area contributed by atoms with Gasteiger partial charge in [0, 0.05) is 18.8 Å². The number of aromatic nitrogens is 1. The zero-order valence-corrected chi connectivity index (χ0v) is 21.8. The Morgan fingerprint density at radius 2 is 1.47 bits per heavy atom. The minimum atomic E-state index is -3.95. The van der Waals surface area contributed by atoms with Crippen LogP contribution in [-0.4, -0.2) is 38.8 Å². The Hall–Kier alpha value is -2.99. The Balaban J connectivity index is 1.37. The zero-order valence-electron chi connectivity index (χ0n) is 19.3.